The number of allylic oxidation sites excluding steroid dienone is 2. The maximum Gasteiger partial charge on any atom is 0.249 e. The van der Waals surface area contributed by atoms with Crippen molar-refractivity contribution in [2.45, 2.75) is 205 Å². The molecule has 0 fully saturated rings. The summed E-state index contributed by atoms with van der Waals surface area (Å²) >= 11 is 0. The van der Waals surface area contributed by atoms with Crippen LogP contribution in [0.3, 0.4) is 0 Å². The Labute approximate surface area is 260 Å². The predicted molar refractivity (Wildman–Crippen MR) is 178 cm³/mol. The molecule has 42 heavy (non-hydrogen) atoms. The van der Waals surface area contributed by atoms with Crippen LogP contribution in [0, 0.1) is 0 Å². The van der Waals surface area contributed by atoms with Crippen molar-refractivity contribution in [3.8, 4) is 0 Å². The largest absolute Gasteiger partial charge is 0.394 e. The zero-order chi connectivity index (χ0) is 31.1. The Balaban J connectivity index is 3.85. The summed E-state index contributed by atoms with van der Waals surface area (Å²) in [5.74, 6) is -0.601. The summed E-state index contributed by atoms with van der Waals surface area (Å²) in [4.78, 5) is 12.4. The van der Waals surface area contributed by atoms with Crippen LogP contribution in [0.1, 0.15) is 181 Å². The van der Waals surface area contributed by atoms with Crippen molar-refractivity contribution in [1.29, 1.82) is 0 Å². The first-order valence-corrected chi connectivity index (χ1v) is 18.1. The van der Waals surface area contributed by atoms with Crippen molar-refractivity contribution < 1.29 is 25.2 Å². The molecular weight excluding hydrogens is 526 g/mol. The van der Waals surface area contributed by atoms with Gasteiger partial charge >= 0.3 is 0 Å². The van der Waals surface area contributed by atoms with Crippen LogP contribution in [-0.2, 0) is 4.79 Å². The lowest BCUT2D eigenvalue weighted by Gasteiger charge is -2.27. The second kappa shape index (κ2) is 31.5. The van der Waals surface area contributed by atoms with Crippen LogP contribution >= 0.6 is 0 Å². The van der Waals surface area contributed by atoms with E-state index in [9.17, 15) is 25.2 Å². The molecule has 4 unspecified atom stereocenters. The number of unbranched alkanes of at least 4 members (excludes halogenated alkanes) is 21. The second-order valence-electron chi connectivity index (χ2n) is 12.6. The molecule has 0 aromatic heterocycles. The summed E-state index contributed by atoms with van der Waals surface area (Å²) in [5.41, 5.74) is 0. The Morgan fingerprint density at radius 1 is 0.571 bits per heavy atom. The van der Waals surface area contributed by atoms with Crippen LogP contribution < -0.4 is 5.32 Å². The molecule has 0 aliphatic heterocycles. The number of aliphatic hydroxyl groups is 4. The van der Waals surface area contributed by atoms with Crippen LogP contribution in [-0.4, -0.2) is 57.3 Å². The lowest BCUT2D eigenvalue weighted by atomic mass is 9.99. The summed E-state index contributed by atoms with van der Waals surface area (Å²) < 4.78 is 0. The van der Waals surface area contributed by atoms with E-state index in [1.165, 1.54) is 109 Å². The van der Waals surface area contributed by atoms with Crippen molar-refractivity contribution in [2.75, 3.05) is 6.61 Å². The van der Waals surface area contributed by atoms with Crippen molar-refractivity contribution in [2.24, 2.45) is 0 Å². The summed E-state index contributed by atoms with van der Waals surface area (Å²) in [6.45, 7) is 4.00. The summed E-state index contributed by atoms with van der Waals surface area (Å²) in [6, 6.07) is -0.987. The van der Waals surface area contributed by atoms with Crippen molar-refractivity contribution in [1.82, 2.24) is 5.32 Å². The van der Waals surface area contributed by atoms with Crippen LogP contribution in [0.25, 0.3) is 0 Å². The maximum atomic E-state index is 12.4. The fourth-order valence-corrected chi connectivity index (χ4v) is 5.51. The number of hydrogen-bond donors (Lipinski definition) is 5. The SMILES string of the molecule is CCCCCCCC/C=C\CCCCC(O)C(=O)NC(CO)C(O)C(O)CCCCCCCCCCCCCCCC. The van der Waals surface area contributed by atoms with Crippen LogP contribution in [0.5, 0.6) is 0 Å². The molecule has 6 nitrogen and oxygen atoms in total. The lowest BCUT2D eigenvalue weighted by molar-refractivity contribution is -0.132. The summed E-state index contributed by atoms with van der Waals surface area (Å²) in [5, 5.41) is 43.3. The Bertz CT molecular complexity index is 599. The Hall–Kier alpha value is -0.950. The first kappa shape index (κ1) is 41.0. The monoisotopic (exact) mass is 598 g/mol. The van der Waals surface area contributed by atoms with Gasteiger partial charge in [-0.15, -0.1) is 0 Å². The molecule has 250 valence electrons. The molecule has 0 aliphatic carbocycles. The molecule has 0 aliphatic rings. The number of nitrogens with one attached hydrogen (secondary N) is 1. The molecule has 0 aromatic carbocycles. The predicted octanol–water partition coefficient (Wildman–Crippen LogP) is 8.28. The Morgan fingerprint density at radius 2 is 0.952 bits per heavy atom. The third-order valence-corrected chi connectivity index (χ3v) is 8.48. The van der Waals surface area contributed by atoms with Gasteiger partial charge in [0.25, 0.3) is 0 Å². The number of hydrogen-bond acceptors (Lipinski definition) is 5. The molecule has 0 rings (SSSR count). The highest BCUT2D eigenvalue weighted by atomic mass is 16.3. The van der Waals surface area contributed by atoms with Crippen LogP contribution in [0.15, 0.2) is 12.2 Å². The average Bonchev–Trinajstić information content (AvgIpc) is 2.99. The first-order chi connectivity index (χ1) is 20.5. The third kappa shape index (κ3) is 25.5. The Morgan fingerprint density at radius 3 is 1.40 bits per heavy atom. The molecule has 0 heterocycles. The second-order valence-corrected chi connectivity index (χ2v) is 12.6. The first-order valence-electron chi connectivity index (χ1n) is 18.1. The quantitative estimate of drug-likeness (QED) is 0.0396. The van der Waals surface area contributed by atoms with Gasteiger partial charge in [0.1, 0.15) is 12.2 Å². The summed E-state index contributed by atoms with van der Waals surface area (Å²) in [7, 11) is 0. The molecular formula is C36H71NO5. The zero-order valence-corrected chi connectivity index (χ0v) is 27.8. The number of rotatable bonds is 32. The van der Waals surface area contributed by atoms with E-state index >= 15 is 0 Å². The topological polar surface area (TPSA) is 110 Å². The molecule has 0 aromatic rings. The van der Waals surface area contributed by atoms with Crippen LogP contribution in [0.4, 0.5) is 0 Å². The van der Waals surface area contributed by atoms with E-state index in [2.05, 4.69) is 31.3 Å². The molecule has 0 spiro atoms. The van der Waals surface area contributed by atoms with Gasteiger partial charge in [-0.05, 0) is 38.5 Å². The number of aliphatic hydroxyl groups excluding tert-OH is 4. The zero-order valence-electron chi connectivity index (χ0n) is 27.8. The molecule has 0 radical (unpaired) electrons. The summed E-state index contributed by atoms with van der Waals surface area (Å²) in [6.07, 6.45) is 30.9. The Kier molecular flexibility index (Phi) is 30.8. The maximum absolute atomic E-state index is 12.4. The molecule has 0 saturated heterocycles. The number of amides is 1. The van der Waals surface area contributed by atoms with E-state index in [0.717, 1.165) is 44.9 Å². The fourth-order valence-electron chi connectivity index (χ4n) is 5.51. The van der Waals surface area contributed by atoms with Gasteiger partial charge in [-0.25, -0.2) is 0 Å². The standard InChI is InChI=1S/C36H71NO5/c1-3-5-7-9-11-13-15-17-18-20-21-23-25-27-29-33(39)35(41)32(31-38)37-36(42)34(40)30-28-26-24-22-19-16-14-12-10-8-6-4-2/h19,22,32-35,38-41H,3-18,20-21,23-31H2,1-2H3,(H,37,42)/b22-19-. The van der Waals surface area contributed by atoms with E-state index in [4.69, 9.17) is 0 Å². The van der Waals surface area contributed by atoms with E-state index in [0.29, 0.717) is 12.8 Å². The normalized spacial score (nSPS) is 14.7. The van der Waals surface area contributed by atoms with Crippen molar-refractivity contribution in [3.63, 3.8) is 0 Å². The minimum absolute atomic E-state index is 0.340. The molecule has 4 atom stereocenters. The van der Waals surface area contributed by atoms with E-state index in [1.807, 2.05) is 0 Å². The van der Waals surface area contributed by atoms with E-state index < -0.39 is 36.9 Å². The van der Waals surface area contributed by atoms with Crippen molar-refractivity contribution in [3.05, 3.63) is 12.2 Å². The van der Waals surface area contributed by atoms with Gasteiger partial charge in [-0.2, -0.15) is 0 Å². The lowest BCUT2D eigenvalue weighted by Crippen LogP contribution is -2.53. The highest BCUT2D eigenvalue weighted by Gasteiger charge is 2.28. The van der Waals surface area contributed by atoms with E-state index in [1.54, 1.807) is 0 Å². The minimum atomic E-state index is -1.26. The average molecular weight is 598 g/mol. The van der Waals surface area contributed by atoms with E-state index in [-0.39, 0.29) is 0 Å². The smallest absolute Gasteiger partial charge is 0.249 e. The third-order valence-electron chi connectivity index (χ3n) is 8.48. The minimum Gasteiger partial charge on any atom is -0.394 e. The van der Waals surface area contributed by atoms with Gasteiger partial charge in [0.05, 0.1) is 18.8 Å². The van der Waals surface area contributed by atoms with Crippen molar-refractivity contribution >= 4 is 5.91 Å². The molecule has 0 bridgehead atoms. The van der Waals surface area contributed by atoms with Gasteiger partial charge < -0.3 is 25.7 Å². The van der Waals surface area contributed by atoms with Crippen LogP contribution in [0.2, 0.25) is 0 Å². The number of carbonyl (C=O) groups is 1. The van der Waals surface area contributed by atoms with Gasteiger partial charge in [0.15, 0.2) is 0 Å². The molecule has 0 saturated carbocycles. The molecule has 1 amide bonds. The van der Waals surface area contributed by atoms with Gasteiger partial charge in [0, 0.05) is 0 Å². The molecule has 6 heteroatoms. The van der Waals surface area contributed by atoms with Gasteiger partial charge in [-0.1, -0.05) is 154 Å². The fraction of sp³-hybridized carbons (Fsp3) is 0.917. The molecule has 5 N–H and O–H groups in total. The number of carbonyl (C=O) groups excluding carboxylic acids is 1. The van der Waals surface area contributed by atoms with Gasteiger partial charge in [0.2, 0.25) is 5.91 Å². The highest BCUT2D eigenvalue weighted by molar-refractivity contribution is 5.80. The van der Waals surface area contributed by atoms with Gasteiger partial charge in [-0.3, -0.25) is 4.79 Å². The highest BCUT2D eigenvalue weighted by Crippen LogP contribution is 2.15.